The Morgan fingerprint density at radius 3 is 2.19 bits per heavy atom. The molecule has 1 aromatic heterocycles. The minimum absolute atomic E-state index is 0.104. The van der Waals surface area contributed by atoms with Crippen molar-refractivity contribution in [1.82, 2.24) is 4.57 Å². The smallest absolute Gasteiger partial charge is 0.255 e. The van der Waals surface area contributed by atoms with Crippen LogP contribution in [0.5, 0.6) is 0 Å². The van der Waals surface area contributed by atoms with Crippen LogP contribution >= 0.6 is 0 Å². The van der Waals surface area contributed by atoms with Gasteiger partial charge in [0.1, 0.15) is 6.54 Å². The summed E-state index contributed by atoms with van der Waals surface area (Å²) in [6.07, 6.45) is 1.62. The number of nitrogens with one attached hydrogen (secondary N) is 3. The molecule has 8 heteroatoms. The first kappa shape index (κ1) is 21.5. The Labute approximate surface area is 178 Å². The van der Waals surface area contributed by atoms with Crippen molar-refractivity contribution in [3.8, 4) is 0 Å². The van der Waals surface area contributed by atoms with E-state index in [4.69, 9.17) is 0 Å². The van der Waals surface area contributed by atoms with Crippen molar-refractivity contribution in [3.63, 3.8) is 0 Å². The van der Waals surface area contributed by atoms with Crippen molar-refractivity contribution in [1.29, 1.82) is 0 Å². The number of hydrogen-bond donors (Lipinski definition) is 3. The maximum atomic E-state index is 12.5. The molecule has 0 saturated heterocycles. The highest BCUT2D eigenvalue weighted by Crippen LogP contribution is 2.17. The molecule has 0 fully saturated rings. The number of amides is 3. The summed E-state index contributed by atoms with van der Waals surface area (Å²) in [4.78, 5) is 47.7. The van der Waals surface area contributed by atoms with Gasteiger partial charge in [-0.3, -0.25) is 19.2 Å². The molecule has 0 bridgehead atoms. The summed E-state index contributed by atoms with van der Waals surface area (Å²) in [5.41, 5.74) is 2.65. The third-order valence-electron chi connectivity index (χ3n) is 4.32. The van der Waals surface area contributed by atoms with Gasteiger partial charge in [-0.05, 0) is 55.0 Å². The molecule has 158 valence electrons. The molecule has 3 amide bonds. The minimum atomic E-state index is -0.348. The molecular weight excluding hydrogens is 396 g/mol. The summed E-state index contributed by atoms with van der Waals surface area (Å²) >= 11 is 0. The van der Waals surface area contributed by atoms with Crippen LogP contribution in [0.2, 0.25) is 0 Å². The molecule has 3 rings (SSSR count). The zero-order valence-electron chi connectivity index (χ0n) is 17.1. The van der Waals surface area contributed by atoms with E-state index >= 15 is 0 Å². The second kappa shape index (κ2) is 9.53. The van der Waals surface area contributed by atoms with Gasteiger partial charge in [0, 0.05) is 41.8 Å². The number of carbonyl (C=O) groups is 3. The largest absolute Gasteiger partial charge is 0.326 e. The fraction of sp³-hybridized carbons (Fsp3) is 0.130. The summed E-state index contributed by atoms with van der Waals surface area (Å²) in [5.74, 6) is -0.878. The first-order chi connectivity index (χ1) is 14.8. The summed E-state index contributed by atoms with van der Waals surface area (Å²) in [6.45, 7) is 3.14. The molecule has 3 N–H and O–H groups in total. The molecule has 0 aliphatic carbocycles. The zero-order valence-corrected chi connectivity index (χ0v) is 17.1. The average Bonchev–Trinajstić information content (AvgIpc) is 2.71. The van der Waals surface area contributed by atoms with Gasteiger partial charge in [0.25, 0.3) is 11.5 Å². The molecule has 0 aliphatic heterocycles. The van der Waals surface area contributed by atoms with Gasteiger partial charge in [-0.15, -0.1) is 0 Å². The molecule has 0 unspecified atom stereocenters. The van der Waals surface area contributed by atoms with Gasteiger partial charge in [0.05, 0.1) is 0 Å². The van der Waals surface area contributed by atoms with Gasteiger partial charge >= 0.3 is 0 Å². The second-order valence-corrected chi connectivity index (χ2v) is 7.01. The molecule has 31 heavy (non-hydrogen) atoms. The lowest BCUT2D eigenvalue weighted by Gasteiger charge is -2.10. The Hall–Kier alpha value is -4.20. The number of hydrogen-bond acceptors (Lipinski definition) is 4. The van der Waals surface area contributed by atoms with Gasteiger partial charge in [0.15, 0.2) is 0 Å². The van der Waals surface area contributed by atoms with Gasteiger partial charge in [-0.1, -0.05) is 12.1 Å². The minimum Gasteiger partial charge on any atom is -0.326 e. The molecule has 0 saturated carbocycles. The molecule has 3 aromatic rings. The number of nitrogens with zero attached hydrogens (tertiary/aromatic N) is 1. The summed E-state index contributed by atoms with van der Waals surface area (Å²) in [6, 6.07) is 16.3. The van der Waals surface area contributed by atoms with Crippen LogP contribution in [0.15, 0.2) is 71.7 Å². The lowest BCUT2D eigenvalue weighted by molar-refractivity contribution is -0.117. The van der Waals surface area contributed by atoms with Gasteiger partial charge in [-0.25, -0.2) is 0 Å². The molecule has 8 nitrogen and oxygen atoms in total. The molecule has 0 atom stereocenters. The Balaban J connectivity index is 1.61. The van der Waals surface area contributed by atoms with Crippen molar-refractivity contribution >= 4 is 34.8 Å². The Morgan fingerprint density at radius 1 is 0.839 bits per heavy atom. The van der Waals surface area contributed by atoms with Crippen LogP contribution in [-0.2, 0) is 16.1 Å². The van der Waals surface area contributed by atoms with Crippen LogP contribution in [0.1, 0.15) is 22.8 Å². The van der Waals surface area contributed by atoms with E-state index in [9.17, 15) is 19.2 Å². The quantitative estimate of drug-likeness (QED) is 0.572. The Kier molecular flexibility index (Phi) is 6.61. The Bertz CT molecular complexity index is 1180. The SMILES string of the molecule is CC(=O)Nc1cccc(NC(=O)c2ccc(NC(=O)Cn3cc(C)ccc3=O)cc2)c1. The number of pyridine rings is 1. The third-order valence-corrected chi connectivity index (χ3v) is 4.32. The first-order valence-corrected chi connectivity index (χ1v) is 9.56. The van der Waals surface area contributed by atoms with Crippen molar-refractivity contribution < 1.29 is 14.4 Å². The van der Waals surface area contributed by atoms with Gasteiger partial charge in [-0.2, -0.15) is 0 Å². The van der Waals surface area contributed by atoms with Crippen molar-refractivity contribution in [2.45, 2.75) is 20.4 Å². The van der Waals surface area contributed by atoms with Gasteiger partial charge < -0.3 is 20.5 Å². The van der Waals surface area contributed by atoms with Crippen molar-refractivity contribution in [2.75, 3.05) is 16.0 Å². The van der Waals surface area contributed by atoms with Crippen LogP contribution in [0.3, 0.4) is 0 Å². The molecular formula is C23H22N4O4. The lowest BCUT2D eigenvalue weighted by atomic mass is 10.2. The molecule has 2 aromatic carbocycles. The Morgan fingerprint density at radius 2 is 1.52 bits per heavy atom. The summed E-state index contributed by atoms with van der Waals surface area (Å²) < 4.78 is 1.33. The lowest BCUT2D eigenvalue weighted by Crippen LogP contribution is -2.26. The number of aryl methyl sites for hydroxylation is 1. The number of benzene rings is 2. The second-order valence-electron chi connectivity index (χ2n) is 7.01. The topological polar surface area (TPSA) is 109 Å². The predicted octanol–water partition coefficient (Wildman–Crippen LogP) is 3.01. The van der Waals surface area contributed by atoms with E-state index in [1.807, 2.05) is 6.92 Å². The van der Waals surface area contributed by atoms with Crippen LogP contribution in [0.25, 0.3) is 0 Å². The van der Waals surface area contributed by atoms with E-state index < -0.39 is 0 Å². The van der Waals surface area contributed by atoms with E-state index in [0.29, 0.717) is 22.6 Å². The monoisotopic (exact) mass is 418 g/mol. The zero-order chi connectivity index (χ0) is 22.4. The molecule has 0 spiro atoms. The average molecular weight is 418 g/mol. The van der Waals surface area contributed by atoms with E-state index in [2.05, 4.69) is 16.0 Å². The maximum absolute atomic E-state index is 12.5. The fourth-order valence-corrected chi connectivity index (χ4v) is 2.92. The number of rotatable bonds is 6. The highest BCUT2D eigenvalue weighted by Gasteiger charge is 2.09. The number of carbonyl (C=O) groups excluding carboxylic acids is 3. The summed E-state index contributed by atoms with van der Waals surface area (Å²) in [7, 11) is 0. The number of aromatic nitrogens is 1. The standard InChI is InChI=1S/C23H22N4O4/c1-15-6-11-22(30)27(13-15)14-21(29)25-18-9-7-17(8-10-18)23(31)26-20-5-3-4-19(12-20)24-16(2)28/h3-13H,14H2,1-2H3,(H,24,28)(H,25,29)(H,26,31). The van der Waals surface area contributed by atoms with E-state index in [0.717, 1.165) is 5.56 Å². The first-order valence-electron chi connectivity index (χ1n) is 9.56. The predicted molar refractivity (Wildman–Crippen MR) is 119 cm³/mol. The maximum Gasteiger partial charge on any atom is 0.255 e. The highest BCUT2D eigenvalue weighted by molar-refractivity contribution is 6.05. The van der Waals surface area contributed by atoms with E-state index in [-0.39, 0.29) is 29.8 Å². The van der Waals surface area contributed by atoms with Crippen LogP contribution < -0.4 is 21.5 Å². The van der Waals surface area contributed by atoms with Crippen LogP contribution in [0, 0.1) is 6.92 Å². The van der Waals surface area contributed by atoms with Crippen molar-refractivity contribution in [2.24, 2.45) is 0 Å². The van der Waals surface area contributed by atoms with Crippen molar-refractivity contribution in [3.05, 3.63) is 88.3 Å². The summed E-state index contributed by atoms with van der Waals surface area (Å²) in [5, 5.41) is 8.12. The highest BCUT2D eigenvalue weighted by atomic mass is 16.2. The molecule has 0 aliphatic rings. The normalized spacial score (nSPS) is 10.3. The third kappa shape index (κ3) is 6.14. The van der Waals surface area contributed by atoms with Crippen LogP contribution in [-0.4, -0.2) is 22.3 Å². The van der Waals surface area contributed by atoms with Gasteiger partial charge in [0.2, 0.25) is 11.8 Å². The van der Waals surface area contributed by atoms with Crippen LogP contribution in [0.4, 0.5) is 17.1 Å². The van der Waals surface area contributed by atoms with E-state index in [1.165, 1.54) is 17.6 Å². The van der Waals surface area contributed by atoms with E-state index in [1.54, 1.807) is 60.8 Å². The fourth-order valence-electron chi connectivity index (χ4n) is 2.92. The molecule has 1 heterocycles. The molecule has 0 radical (unpaired) electrons. The number of anilines is 3.